The minimum Gasteiger partial charge on any atom is -0.290 e. The maximum absolute atomic E-state index is 5.34. The van der Waals surface area contributed by atoms with Crippen molar-refractivity contribution in [2.24, 2.45) is 57.3 Å². The number of aliphatic imine (C=N–C) groups is 2. The summed E-state index contributed by atoms with van der Waals surface area (Å²) < 4.78 is 0. The van der Waals surface area contributed by atoms with Crippen LogP contribution >= 0.6 is 0 Å². The molecule has 0 aliphatic heterocycles. The normalized spacial score (nSPS) is 53.4. The Kier molecular flexibility index (Phi) is 4.10. The number of rotatable bonds is 4. The van der Waals surface area contributed by atoms with Crippen molar-refractivity contribution in [3.05, 3.63) is 0 Å². The van der Waals surface area contributed by atoms with E-state index in [4.69, 9.17) is 9.98 Å². The molecule has 27 heavy (non-hydrogen) atoms. The Bertz CT molecular complexity index is 547. The fourth-order valence-corrected chi connectivity index (χ4v) is 9.18. The molecule has 0 spiro atoms. The number of nitrogens with zero attached hydrogens (tertiary/aromatic N) is 2. The summed E-state index contributed by atoms with van der Waals surface area (Å²) in [5, 5.41) is 0. The van der Waals surface area contributed by atoms with Crippen molar-refractivity contribution in [1.29, 1.82) is 0 Å². The van der Waals surface area contributed by atoms with Crippen molar-refractivity contribution in [1.82, 2.24) is 0 Å². The quantitative estimate of drug-likeness (QED) is 0.549. The second-order valence-corrected chi connectivity index (χ2v) is 11.7. The van der Waals surface area contributed by atoms with Crippen molar-refractivity contribution in [3.8, 4) is 0 Å². The van der Waals surface area contributed by atoms with Crippen LogP contribution in [-0.2, 0) is 0 Å². The van der Waals surface area contributed by atoms with Gasteiger partial charge in [-0.05, 0) is 125 Å². The third-order valence-electron chi connectivity index (χ3n) is 9.60. The van der Waals surface area contributed by atoms with Crippen molar-refractivity contribution in [2.45, 2.75) is 96.6 Å². The number of hydrogen-bond donors (Lipinski definition) is 0. The zero-order valence-corrected chi connectivity index (χ0v) is 17.4. The van der Waals surface area contributed by atoms with Gasteiger partial charge < -0.3 is 0 Å². The van der Waals surface area contributed by atoms with E-state index in [9.17, 15) is 0 Å². The van der Waals surface area contributed by atoms with Gasteiger partial charge in [0.15, 0.2) is 0 Å². The van der Waals surface area contributed by atoms with Crippen LogP contribution in [-0.4, -0.2) is 23.5 Å². The van der Waals surface area contributed by atoms with E-state index in [1.165, 1.54) is 62.8 Å². The molecule has 8 aliphatic rings. The molecule has 0 amide bonds. The molecule has 0 aromatic carbocycles. The van der Waals surface area contributed by atoms with Gasteiger partial charge in [-0.1, -0.05) is 0 Å². The lowest BCUT2D eigenvalue weighted by Crippen LogP contribution is -2.48. The Morgan fingerprint density at radius 2 is 0.815 bits per heavy atom. The van der Waals surface area contributed by atoms with E-state index in [0.717, 1.165) is 53.8 Å². The standard InChI is InChI=1S/C25H38N2/c1-14(26-24-20-6-16-4-17(8-20)9-21(24)7-16)3-15(2)27-25-22-10-18-5-19(12-22)13-23(25)11-18/h16-25H,3-13H2,1-2H3. The second-order valence-electron chi connectivity index (χ2n) is 11.7. The van der Waals surface area contributed by atoms with Crippen LogP contribution in [0.1, 0.15) is 84.5 Å². The van der Waals surface area contributed by atoms with Gasteiger partial charge in [-0.15, -0.1) is 0 Å². The Morgan fingerprint density at radius 1 is 0.519 bits per heavy atom. The molecule has 2 heteroatoms. The highest BCUT2D eigenvalue weighted by molar-refractivity contribution is 6.02. The number of hydrogen-bond acceptors (Lipinski definition) is 2. The molecule has 148 valence electrons. The monoisotopic (exact) mass is 366 g/mol. The van der Waals surface area contributed by atoms with E-state index in [1.54, 1.807) is 12.8 Å². The van der Waals surface area contributed by atoms with E-state index in [-0.39, 0.29) is 0 Å². The van der Waals surface area contributed by atoms with Crippen LogP contribution in [0.25, 0.3) is 0 Å². The lowest BCUT2D eigenvalue weighted by Gasteiger charge is -2.53. The largest absolute Gasteiger partial charge is 0.290 e. The molecular formula is C25H38N2. The molecule has 0 N–H and O–H groups in total. The van der Waals surface area contributed by atoms with Crippen LogP contribution in [0, 0.1) is 47.3 Å². The summed E-state index contributed by atoms with van der Waals surface area (Å²) in [4.78, 5) is 10.7. The maximum atomic E-state index is 5.34. The fraction of sp³-hybridized carbons (Fsp3) is 0.920. The van der Waals surface area contributed by atoms with Crippen molar-refractivity contribution in [3.63, 3.8) is 0 Å². The molecule has 0 saturated heterocycles. The first-order chi connectivity index (χ1) is 13.1. The lowest BCUT2D eigenvalue weighted by molar-refractivity contribution is 0.00104. The van der Waals surface area contributed by atoms with Crippen molar-refractivity contribution >= 4 is 11.4 Å². The third-order valence-corrected chi connectivity index (χ3v) is 9.60. The lowest BCUT2D eigenvalue weighted by atomic mass is 9.54. The van der Waals surface area contributed by atoms with Crippen LogP contribution in [0.4, 0.5) is 0 Å². The third kappa shape index (κ3) is 3.04. The summed E-state index contributed by atoms with van der Waals surface area (Å²) >= 11 is 0. The van der Waals surface area contributed by atoms with Gasteiger partial charge >= 0.3 is 0 Å². The molecule has 0 heterocycles. The van der Waals surface area contributed by atoms with E-state index in [0.29, 0.717) is 12.1 Å². The Labute approximate surface area is 165 Å². The van der Waals surface area contributed by atoms with Crippen molar-refractivity contribution < 1.29 is 0 Å². The molecule has 0 aromatic heterocycles. The molecule has 0 atom stereocenters. The molecule has 8 bridgehead atoms. The van der Waals surface area contributed by atoms with Gasteiger partial charge in [0.05, 0.1) is 12.1 Å². The Balaban J connectivity index is 1.13. The predicted molar refractivity (Wildman–Crippen MR) is 113 cm³/mol. The Hall–Kier alpha value is -0.660. The van der Waals surface area contributed by atoms with Crippen LogP contribution in [0.2, 0.25) is 0 Å². The summed E-state index contributed by atoms with van der Waals surface area (Å²) in [6.07, 6.45) is 16.0. The van der Waals surface area contributed by atoms with E-state index < -0.39 is 0 Å². The zero-order chi connectivity index (χ0) is 18.1. The van der Waals surface area contributed by atoms with Gasteiger partial charge in [0.1, 0.15) is 0 Å². The average molecular weight is 367 g/mol. The summed E-state index contributed by atoms with van der Waals surface area (Å²) in [5.74, 6) is 7.88. The van der Waals surface area contributed by atoms with Crippen molar-refractivity contribution in [2.75, 3.05) is 0 Å². The van der Waals surface area contributed by atoms with Crippen LogP contribution in [0.3, 0.4) is 0 Å². The van der Waals surface area contributed by atoms with E-state index in [2.05, 4.69) is 13.8 Å². The molecule has 8 aliphatic carbocycles. The molecule has 0 radical (unpaired) electrons. The summed E-state index contributed by atoms with van der Waals surface area (Å²) in [6, 6.07) is 1.32. The van der Waals surface area contributed by atoms with Gasteiger partial charge in [0.2, 0.25) is 0 Å². The summed E-state index contributed by atoms with van der Waals surface area (Å²) in [5.41, 5.74) is 2.75. The predicted octanol–water partition coefficient (Wildman–Crippen LogP) is 5.95. The summed E-state index contributed by atoms with van der Waals surface area (Å²) in [6.45, 7) is 4.59. The smallest absolute Gasteiger partial charge is 0.0555 e. The average Bonchev–Trinajstić information content (AvgIpc) is 2.60. The second kappa shape index (κ2) is 6.42. The Morgan fingerprint density at radius 3 is 1.11 bits per heavy atom. The molecule has 8 fully saturated rings. The maximum Gasteiger partial charge on any atom is 0.0555 e. The van der Waals surface area contributed by atoms with Gasteiger partial charge in [-0.2, -0.15) is 0 Å². The summed E-state index contributed by atoms with van der Waals surface area (Å²) in [7, 11) is 0. The molecule has 2 nitrogen and oxygen atoms in total. The first kappa shape index (κ1) is 17.2. The molecule has 0 unspecified atom stereocenters. The van der Waals surface area contributed by atoms with Crippen LogP contribution < -0.4 is 0 Å². The van der Waals surface area contributed by atoms with Gasteiger partial charge in [0, 0.05) is 17.8 Å². The highest BCUT2D eigenvalue weighted by Crippen LogP contribution is 2.56. The van der Waals surface area contributed by atoms with E-state index in [1.807, 2.05) is 0 Å². The van der Waals surface area contributed by atoms with Gasteiger partial charge in [-0.25, -0.2) is 0 Å². The van der Waals surface area contributed by atoms with Gasteiger partial charge in [-0.3, -0.25) is 9.98 Å². The minimum atomic E-state index is 0.659. The minimum absolute atomic E-state index is 0.659. The molecule has 8 rings (SSSR count). The zero-order valence-electron chi connectivity index (χ0n) is 17.4. The van der Waals surface area contributed by atoms with Crippen LogP contribution in [0.15, 0.2) is 9.98 Å². The SMILES string of the molecule is CC(CC(C)=NC1C2CC3CC(C2)CC1C3)=NC1C2CC3CC(C2)CC1C3. The molecule has 0 aromatic rings. The first-order valence-corrected chi connectivity index (χ1v) is 12.2. The topological polar surface area (TPSA) is 24.7 Å². The van der Waals surface area contributed by atoms with E-state index >= 15 is 0 Å². The fourth-order valence-electron chi connectivity index (χ4n) is 9.18. The molecule has 8 saturated carbocycles. The highest BCUT2D eigenvalue weighted by Gasteiger charge is 2.49. The first-order valence-electron chi connectivity index (χ1n) is 12.2. The van der Waals surface area contributed by atoms with Gasteiger partial charge in [0.25, 0.3) is 0 Å². The molecular weight excluding hydrogens is 328 g/mol. The highest BCUT2D eigenvalue weighted by atomic mass is 14.9. The van der Waals surface area contributed by atoms with Crippen LogP contribution in [0.5, 0.6) is 0 Å².